The minimum absolute atomic E-state index is 0.238. The van der Waals surface area contributed by atoms with Crippen LogP contribution < -0.4 is 9.47 Å². The van der Waals surface area contributed by atoms with Gasteiger partial charge in [0.25, 0.3) is 0 Å². The van der Waals surface area contributed by atoms with Crippen molar-refractivity contribution < 1.29 is 19.0 Å². The van der Waals surface area contributed by atoms with Gasteiger partial charge in [0, 0.05) is 9.13 Å². The number of hydrogen-bond donors (Lipinski definition) is 0. The molecule has 0 aliphatic carbocycles. The Morgan fingerprint density at radius 3 is 2.52 bits per heavy atom. The number of nitrogens with zero attached hydrogens (tertiary/aromatic N) is 1. The van der Waals surface area contributed by atoms with Gasteiger partial charge in [0.2, 0.25) is 5.90 Å². The molecule has 0 fully saturated rings. The first-order chi connectivity index (χ1) is 13.0. The molecule has 0 amide bonds. The molecular formula is C20H17BrINO4. The van der Waals surface area contributed by atoms with Crippen molar-refractivity contribution in [3.05, 3.63) is 61.3 Å². The molecule has 5 nitrogen and oxygen atoms in total. The van der Waals surface area contributed by atoms with Crippen LogP contribution in [0.15, 0.2) is 51.6 Å². The molecule has 1 aliphatic rings. The molecule has 0 saturated carbocycles. The number of ether oxygens (including phenoxy) is 3. The minimum atomic E-state index is -0.480. The number of carbonyl (C=O) groups excluding carboxylic acids is 1. The monoisotopic (exact) mass is 541 g/mol. The summed E-state index contributed by atoms with van der Waals surface area (Å²) in [6, 6.07) is 11.3. The van der Waals surface area contributed by atoms with Crippen LogP contribution in [0.5, 0.6) is 11.5 Å². The summed E-state index contributed by atoms with van der Waals surface area (Å²) in [4.78, 5) is 16.6. The van der Waals surface area contributed by atoms with Crippen LogP contribution in [0.25, 0.3) is 6.08 Å². The Balaban J connectivity index is 1.95. The number of rotatable bonds is 6. The number of benzene rings is 2. The van der Waals surface area contributed by atoms with E-state index in [4.69, 9.17) is 14.2 Å². The van der Waals surface area contributed by atoms with Crippen LogP contribution in [0.3, 0.4) is 0 Å². The zero-order valence-electron chi connectivity index (χ0n) is 14.8. The van der Waals surface area contributed by atoms with Crippen LogP contribution in [0.1, 0.15) is 25.0 Å². The quantitative estimate of drug-likeness (QED) is 0.287. The summed E-state index contributed by atoms with van der Waals surface area (Å²) in [6.07, 6.45) is 1.67. The molecule has 3 rings (SSSR count). The van der Waals surface area contributed by atoms with Gasteiger partial charge in [-0.15, -0.1) is 0 Å². The van der Waals surface area contributed by atoms with Crippen LogP contribution in [0, 0.1) is 3.57 Å². The van der Waals surface area contributed by atoms with Gasteiger partial charge < -0.3 is 14.2 Å². The third-order valence-electron chi connectivity index (χ3n) is 3.64. The number of halogens is 2. The van der Waals surface area contributed by atoms with Crippen molar-refractivity contribution in [2.24, 2.45) is 4.99 Å². The number of esters is 1. The zero-order valence-corrected chi connectivity index (χ0v) is 18.5. The van der Waals surface area contributed by atoms with Gasteiger partial charge in [-0.1, -0.05) is 0 Å². The van der Waals surface area contributed by atoms with Gasteiger partial charge in [-0.05, 0) is 100 Å². The van der Waals surface area contributed by atoms with Crippen LogP contribution in [0.2, 0.25) is 0 Å². The lowest BCUT2D eigenvalue weighted by Crippen LogP contribution is -2.05. The molecule has 7 heteroatoms. The number of cyclic esters (lactones) is 1. The summed E-state index contributed by atoms with van der Waals surface area (Å²) >= 11 is 5.72. The molecule has 27 heavy (non-hydrogen) atoms. The Bertz CT molecular complexity index is 922. The van der Waals surface area contributed by atoms with Gasteiger partial charge in [0.1, 0.15) is 0 Å². The molecule has 2 aromatic rings. The normalized spacial score (nSPS) is 14.9. The Morgan fingerprint density at radius 1 is 1.15 bits per heavy atom. The molecular weight excluding hydrogens is 525 g/mol. The second-order valence-corrected chi connectivity index (χ2v) is 7.64. The van der Waals surface area contributed by atoms with Crippen molar-refractivity contribution in [1.82, 2.24) is 0 Å². The predicted octanol–water partition coefficient (Wildman–Crippen LogP) is 5.20. The highest BCUT2D eigenvalue weighted by Crippen LogP contribution is 2.37. The molecule has 0 spiro atoms. The van der Waals surface area contributed by atoms with E-state index in [1.165, 1.54) is 0 Å². The largest absolute Gasteiger partial charge is 0.490 e. The maximum Gasteiger partial charge on any atom is 0.363 e. The summed E-state index contributed by atoms with van der Waals surface area (Å²) in [7, 11) is 0. The molecule has 2 aromatic carbocycles. The van der Waals surface area contributed by atoms with Crippen molar-refractivity contribution in [3.63, 3.8) is 0 Å². The highest BCUT2D eigenvalue weighted by atomic mass is 127. The molecule has 0 radical (unpaired) electrons. The number of hydrogen-bond acceptors (Lipinski definition) is 5. The minimum Gasteiger partial charge on any atom is -0.490 e. The molecule has 1 heterocycles. The average molecular weight is 542 g/mol. The van der Waals surface area contributed by atoms with E-state index in [0.717, 1.165) is 19.2 Å². The van der Waals surface area contributed by atoms with Crippen LogP contribution in [-0.2, 0) is 9.53 Å². The van der Waals surface area contributed by atoms with Crippen LogP contribution in [0.4, 0.5) is 0 Å². The van der Waals surface area contributed by atoms with Crippen molar-refractivity contribution in [2.75, 3.05) is 13.2 Å². The first-order valence-corrected chi connectivity index (χ1v) is 10.3. The molecule has 1 aliphatic heterocycles. The van der Waals surface area contributed by atoms with E-state index >= 15 is 0 Å². The van der Waals surface area contributed by atoms with Crippen LogP contribution in [-0.4, -0.2) is 25.1 Å². The van der Waals surface area contributed by atoms with E-state index in [1.807, 2.05) is 50.2 Å². The molecule has 0 N–H and O–H groups in total. The predicted molar refractivity (Wildman–Crippen MR) is 116 cm³/mol. The molecule has 140 valence electrons. The average Bonchev–Trinajstić information content (AvgIpc) is 2.99. The standard InChI is InChI=1S/C20H17BrINO4/c1-3-25-17-11-12(9-15(21)18(17)26-4-2)10-16-20(24)27-19(23-16)13-5-7-14(22)8-6-13/h5-11H,3-4H2,1-2H3/b16-10-. The van der Waals surface area contributed by atoms with Gasteiger partial charge >= 0.3 is 5.97 Å². The number of carbonyl (C=O) groups is 1. The third-order valence-corrected chi connectivity index (χ3v) is 4.94. The van der Waals surface area contributed by atoms with Gasteiger partial charge in [-0.25, -0.2) is 9.79 Å². The Morgan fingerprint density at radius 2 is 1.85 bits per heavy atom. The first-order valence-electron chi connectivity index (χ1n) is 8.39. The van der Waals surface area contributed by atoms with Gasteiger partial charge in [-0.3, -0.25) is 0 Å². The topological polar surface area (TPSA) is 57.1 Å². The van der Waals surface area contributed by atoms with E-state index in [9.17, 15) is 4.79 Å². The highest BCUT2D eigenvalue weighted by Gasteiger charge is 2.24. The maximum absolute atomic E-state index is 12.2. The van der Waals surface area contributed by atoms with Gasteiger partial charge in [0.05, 0.1) is 17.7 Å². The second kappa shape index (κ2) is 8.88. The summed E-state index contributed by atoms with van der Waals surface area (Å²) in [5.41, 5.74) is 1.76. The Hall–Kier alpha value is -1.87. The zero-order chi connectivity index (χ0) is 19.4. The molecule has 0 aromatic heterocycles. The summed E-state index contributed by atoms with van der Waals surface area (Å²) in [5, 5.41) is 0. The highest BCUT2D eigenvalue weighted by molar-refractivity contribution is 14.1. The van der Waals surface area contributed by atoms with Crippen LogP contribution >= 0.6 is 38.5 Å². The fraction of sp³-hybridized carbons (Fsp3) is 0.200. The van der Waals surface area contributed by atoms with Gasteiger partial charge in [-0.2, -0.15) is 0 Å². The molecule has 0 bridgehead atoms. The lowest BCUT2D eigenvalue weighted by atomic mass is 10.1. The molecule has 0 unspecified atom stereocenters. The van der Waals surface area contributed by atoms with Crippen molar-refractivity contribution in [2.45, 2.75) is 13.8 Å². The first kappa shape index (κ1) is 19.9. The van der Waals surface area contributed by atoms with Crippen molar-refractivity contribution in [1.29, 1.82) is 0 Å². The van der Waals surface area contributed by atoms with Crippen molar-refractivity contribution in [3.8, 4) is 11.5 Å². The maximum atomic E-state index is 12.2. The smallest absolute Gasteiger partial charge is 0.363 e. The van der Waals surface area contributed by atoms with Crippen molar-refractivity contribution >= 4 is 56.5 Å². The summed E-state index contributed by atoms with van der Waals surface area (Å²) < 4.78 is 18.5. The summed E-state index contributed by atoms with van der Waals surface area (Å²) in [6.45, 7) is 4.84. The SMILES string of the molecule is CCOc1cc(/C=C2\N=C(c3ccc(I)cc3)OC2=O)cc(Br)c1OCC. The lowest BCUT2D eigenvalue weighted by molar-refractivity contribution is -0.129. The lowest BCUT2D eigenvalue weighted by Gasteiger charge is -2.13. The van der Waals surface area contributed by atoms with E-state index in [2.05, 4.69) is 43.5 Å². The van der Waals surface area contributed by atoms with E-state index in [1.54, 1.807) is 6.08 Å². The molecule has 0 atom stereocenters. The Labute approximate surface area is 179 Å². The molecule has 0 saturated heterocycles. The third kappa shape index (κ3) is 4.70. The van der Waals surface area contributed by atoms with E-state index in [0.29, 0.717) is 30.6 Å². The van der Waals surface area contributed by atoms with Gasteiger partial charge in [0.15, 0.2) is 17.2 Å². The van der Waals surface area contributed by atoms with E-state index in [-0.39, 0.29) is 5.70 Å². The Kier molecular flexibility index (Phi) is 6.54. The fourth-order valence-electron chi connectivity index (χ4n) is 2.50. The summed E-state index contributed by atoms with van der Waals surface area (Å²) in [5.74, 6) is 1.07. The fourth-order valence-corrected chi connectivity index (χ4v) is 3.44. The second-order valence-electron chi connectivity index (χ2n) is 5.54. The van der Waals surface area contributed by atoms with E-state index < -0.39 is 5.97 Å². The number of aliphatic imine (C=N–C) groups is 1.